The number of halogens is 1. The second-order valence-electron chi connectivity index (χ2n) is 10.7. The van der Waals surface area contributed by atoms with Gasteiger partial charge in [0, 0.05) is 34.4 Å². The fourth-order valence-electron chi connectivity index (χ4n) is 5.57. The van der Waals surface area contributed by atoms with Gasteiger partial charge in [-0.25, -0.2) is 12.8 Å². The summed E-state index contributed by atoms with van der Waals surface area (Å²) in [6, 6.07) is 8.00. The molecule has 218 valence electrons. The van der Waals surface area contributed by atoms with Crippen LogP contribution in [-0.4, -0.2) is 69.4 Å². The maximum Gasteiger partial charge on any atom is 0.178 e. The van der Waals surface area contributed by atoms with Crippen LogP contribution in [0, 0.1) is 11.8 Å². The Hall–Kier alpha value is -2.53. The zero-order valence-corrected chi connectivity index (χ0v) is 25.9. The van der Waals surface area contributed by atoms with Crippen LogP contribution in [-0.2, 0) is 16.4 Å². The molecule has 0 amide bonds. The first kappa shape index (κ1) is 30.4. The number of ether oxygens (including phenoxy) is 1. The van der Waals surface area contributed by atoms with Gasteiger partial charge in [0.1, 0.15) is 11.7 Å². The van der Waals surface area contributed by atoms with Crippen LogP contribution >= 0.6 is 9.24 Å². The molecule has 1 saturated carbocycles. The van der Waals surface area contributed by atoms with Crippen LogP contribution in [0.5, 0.6) is 5.75 Å². The molecule has 4 rings (SSSR count). The summed E-state index contributed by atoms with van der Waals surface area (Å²) >= 11 is 0. The predicted octanol–water partition coefficient (Wildman–Crippen LogP) is 3.07. The van der Waals surface area contributed by atoms with Gasteiger partial charge in [0.15, 0.2) is 9.84 Å². The molecule has 0 radical (unpaired) electrons. The normalized spacial score (nSPS) is 19.7. The molecule has 0 spiro atoms. The summed E-state index contributed by atoms with van der Waals surface area (Å²) in [6.07, 6.45) is 8.74. The van der Waals surface area contributed by atoms with Crippen molar-refractivity contribution in [1.82, 2.24) is 14.8 Å². The number of aromatic nitrogens is 1. The Bertz CT molecular complexity index is 1480. The molecule has 1 fully saturated rings. The Morgan fingerprint density at radius 2 is 1.98 bits per heavy atom. The van der Waals surface area contributed by atoms with E-state index >= 15 is 0 Å². The predicted molar refractivity (Wildman–Crippen MR) is 164 cm³/mol. The first-order valence-electron chi connectivity index (χ1n) is 14.0. The van der Waals surface area contributed by atoms with Gasteiger partial charge in [-0.2, -0.15) is 0 Å². The molecular formula is C30H42FN4O3PS. The topological polar surface area (TPSA) is 75.6 Å². The van der Waals surface area contributed by atoms with Crippen molar-refractivity contribution in [3.05, 3.63) is 40.5 Å². The molecule has 7 nitrogen and oxygen atoms in total. The molecule has 2 unspecified atom stereocenters. The molecule has 40 heavy (non-hydrogen) atoms. The quantitative estimate of drug-likeness (QED) is 0.328. The smallest absolute Gasteiger partial charge is 0.178 e. The van der Waals surface area contributed by atoms with Crippen molar-refractivity contribution in [3.8, 4) is 17.6 Å². The van der Waals surface area contributed by atoms with Crippen molar-refractivity contribution in [2.45, 2.75) is 74.9 Å². The summed E-state index contributed by atoms with van der Waals surface area (Å²) in [5.41, 5.74) is 2.67. The number of nitrogens with zero attached hydrogens (tertiary/aromatic N) is 2. The zero-order valence-electron chi connectivity index (χ0n) is 24.0. The van der Waals surface area contributed by atoms with E-state index in [1.807, 2.05) is 4.57 Å². The number of sulfone groups is 1. The fourth-order valence-corrected chi connectivity index (χ4v) is 6.68. The van der Waals surface area contributed by atoms with Gasteiger partial charge in [-0.3, -0.25) is 0 Å². The maximum absolute atomic E-state index is 14.2. The molecular weight excluding hydrogens is 546 g/mol. The van der Waals surface area contributed by atoms with E-state index in [2.05, 4.69) is 62.9 Å². The van der Waals surface area contributed by atoms with Crippen LogP contribution in [0.3, 0.4) is 0 Å². The highest BCUT2D eigenvalue weighted by atomic mass is 32.2. The number of alkyl halides is 1. The molecule has 10 heteroatoms. The van der Waals surface area contributed by atoms with Crippen molar-refractivity contribution in [2.24, 2.45) is 0 Å². The van der Waals surface area contributed by atoms with E-state index < -0.39 is 15.8 Å². The van der Waals surface area contributed by atoms with Gasteiger partial charge in [0.2, 0.25) is 0 Å². The largest absolute Gasteiger partial charge is 0.495 e. The number of rotatable bonds is 10. The standard InChI is InChI=1S/C30H42FN4O3PS/c1-5-40(36,37)24-15-16-27(29(19-24)38-4)32-17-7-8-23-18-25-26(9-6-10-28(25)35(23)20-30(31)39)33-21-11-13-22(14-12-21)34(2)3/h10,15-16,18-19,21-22,30,32-33H,5-6,9,11-14,17,20,39H2,1-4H3. The highest BCUT2D eigenvalue weighted by Crippen LogP contribution is 2.28. The molecule has 2 N–H and O–H groups in total. The van der Waals surface area contributed by atoms with E-state index in [-0.39, 0.29) is 17.2 Å². The average molecular weight is 589 g/mol. The van der Waals surface area contributed by atoms with E-state index in [4.69, 9.17) is 4.74 Å². The van der Waals surface area contributed by atoms with Crippen LogP contribution in [0.25, 0.3) is 11.8 Å². The van der Waals surface area contributed by atoms with E-state index in [0.29, 0.717) is 30.1 Å². The lowest BCUT2D eigenvalue weighted by atomic mass is 9.90. The first-order valence-corrected chi connectivity index (χ1v) is 16.3. The Balaban J connectivity index is 1.55. The number of anilines is 1. The second-order valence-corrected chi connectivity index (χ2v) is 13.7. The van der Waals surface area contributed by atoms with Crippen molar-refractivity contribution in [2.75, 3.05) is 38.8 Å². The monoisotopic (exact) mass is 588 g/mol. The Kier molecular flexibility index (Phi) is 10.2. The summed E-state index contributed by atoms with van der Waals surface area (Å²) in [5.74, 6) is 5.79. The summed E-state index contributed by atoms with van der Waals surface area (Å²) in [5, 5.41) is 9.21. The molecule has 2 aromatic rings. The van der Waals surface area contributed by atoms with Gasteiger partial charge in [-0.15, -0.1) is 0 Å². The van der Waals surface area contributed by atoms with Crippen LogP contribution in [0.2, 0.25) is 0 Å². The molecule has 2 aliphatic carbocycles. The molecule has 2 aliphatic rings. The molecule has 1 aromatic heterocycles. The van der Waals surface area contributed by atoms with Crippen molar-refractivity contribution >= 4 is 36.5 Å². The number of hydrogen-bond acceptors (Lipinski definition) is 6. The molecule has 0 aliphatic heterocycles. The third-order valence-electron chi connectivity index (χ3n) is 7.85. The molecule has 1 heterocycles. The SMILES string of the molecule is CCS(=O)(=O)c1ccc(NCC#Cc2cc3c(n2CC(F)P)=CCCC=3NC2CCC(N(C)C)CC2)c(OC)c1. The van der Waals surface area contributed by atoms with Crippen molar-refractivity contribution in [3.63, 3.8) is 0 Å². The third kappa shape index (κ3) is 7.21. The first-order chi connectivity index (χ1) is 19.1. The number of hydrogen-bond donors (Lipinski definition) is 2. The zero-order chi connectivity index (χ0) is 28.9. The minimum absolute atomic E-state index is 0.0255. The fraction of sp³-hybridized carbons (Fsp3) is 0.533. The van der Waals surface area contributed by atoms with E-state index in [9.17, 15) is 12.8 Å². The number of benzene rings is 1. The molecule has 2 atom stereocenters. The summed E-state index contributed by atoms with van der Waals surface area (Å²) in [6.45, 7) is 2.15. The number of fused-ring (bicyclic) bond motifs is 1. The Morgan fingerprint density at radius 3 is 2.62 bits per heavy atom. The molecule has 0 bridgehead atoms. The van der Waals surface area contributed by atoms with Gasteiger partial charge in [0.05, 0.1) is 42.2 Å². The Morgan fingerprint density at radius 1 is 1.23 bits per heavy atom. The van der Waals surface area contributed by atoms with Gasteiger partial charge in [-0.1, -0.05) is 28.2 Å². The molecule has 0 saturated heterocycles. The lowest BCUT2D eigenvalue weighted by molar-refractivity contribution is 0.210. The van der Waals surface area contributed by atoms with Crippen LogP contribution in [0.4, 0.5) is 10.1 Å². The highest BCUT2D eigenvalue weighted by molar-refractivity contribution is 7.91. The third-order valence-corrected chi connectivity index (χ3v) is 9.80. The van der Waals surface area contributed by atoms with Gasteiger partial charge in [-0.05, 0) is 76.7 Å². The van der Waals surface area contributed by atoms with E-state index in [0.717, 1.165) is 41.9 Å². The van der Waals surface area contributed by atoms with Gasteiger partial charge in [0.25, 0.3) is 0 Å². The summed E-state index contributed by atoms with van der Waals surface area (Å²) < 4.78 is 46.0. The molecule has 1 aromatic carbocycles. The maximum atomic E-state index is 14.2. The highest BCUT2D eigenvalue weighted by Gasteiger charge is 2.24. The van der Waals surface area contributed by atoms with Gasteiger partial charge >= 0.3 is 0 Å². The summed E-state index contributed by atoms with van der Waals surface area (Å²) in [4.78, 5) is 2.56. The van der Waals surface area contributed by atoms with Crippen LogP contribution < -0.4 is 25.9 Å². The van der Waals surface area contributed by atoms with E-state index in [1.165, 1.54) is 31.7 Å². The average Bonchev–Trinajstić information content (AvgIpc) is 3.28. The summed E-state index contributed by atoms with van der Waals surface area (Å²) in [7, 11) is 4.75. The lowest BCUT2D eigenvalue weighted by Gasteiger charge is -2.34. The minimum atomic E-state index is -3.33. The van der Waals surface area contributed by atoms with E-state index in [1.54, 1.807) is 19.1 Å². The minimum Gasteiger partial charge on any atom is -0.495 e. The van der Waals surface area contributed by atoms with Crippen molar-refractivity contribution < 1.29 is 17.5 Å². The van der Waals surface area contributed by atoms with Gasteiger partial charge < -0.3 is 24.8 Å². The number of methoxy groups -OCH3 is 1. The lowest BCUT2D eigenvalue weighted by Crippen LogP contribution is -2.43. The van der Waals surface area contributed by atoms with Crippen LogP contribution in [0.15, 0.2) is 29.2 Å². The van der Waals surface area contributed by atoms with Crippen LogP contribution in [0.1, 0.15) is 51.1 Å². The number of nitrogens with one attached hydrogen (secondary N) is 2. The second kappa shape index (κ2) is 13.4. The Labute approximate surface area is 240 Å². The van der Waals surface area contributed by atoms with Crippen molar-refractivity contribution in [1.29, 1.82) is 0 Å².